The minimum absolute atomic E-state index is 0.0646. The maximum Gasteiger partial charge on any atom is 0.251 e. The average molecular weight is 473 g/mol. The summed E-state index contributed by atoms with van der Waals surface area (Å²) in [5, 5.41) is 3.49. The van der Waals surface area contributed by atoms with Crippen LogP contribution in [-0.4, -0.2) is 32.8 Å². The molecule has 0 spiro atoms. The summed E-state index contributed by atoms with van der Waals surface area (Å²) in [6.07, 6.45) is 0. The summed E-state index contributed by atoms with van der Waals surface area (Å²) < 4.78 is 33.0. The summed E-state index contributed by atoms with van der Waals surface area (Å²) >= 11 is 5.92. The van der Waals surface area contributed by atoms with E-state index in [9.17, 15) is 13.2 Å². The van der Waals surface area contributed by atoms with Crippen molar-refractivity contribution in [3.05, 3.63) is 94.5 Å². The van der Waals surface area contributed by atoms with Crippen LogP contribution in [0.2, 0.25) is 5.02 Å². The van der Waals surface area contributed by atoms with E-state index in [0.717, 1.165) is 11.1 Å². The third-order valence-electron chi connectivity index (χ3n) is 5.08. The normalized spacial score (nSPS) is 12.4. The van der Waals surface area contributed by atoms with Crippen LogP contribution in [0.25, 0.3) is 0 Å². The number of nitrogens with one attached hydrogen (secondary N) is 1. The highest BCUT2D eigenvalue weighted by Gasteiger charge is 2.26. The van der Waals surface area contributed by atoms with E-state index in [4.69, 9.17) is 16.3 Å². The Hall–Kier alpha value is -2.87. The molecule has 1 atom stereocenters. The zero-order chi connectivity index (χ0) is 23.3. The van der Waals surface area contributed by atoms with Gasteiger partial charge in [-0.1, -0.05) is 54.1 Å². The van der Waals surface area contributed by atoms with Gasteiger partial charge in [-0.25, -0.2) is 8.42 Å². The van der Waals surface area contributed by atoms with E-state index in [1.165, 1.54) is 30.6 Å². The van der Waals surface area contributed by atoms with Crippen molar-refractivity contribution in [1.82, 2.24) is 9.62 Å². The first-order valence-corrected chi connectivity index (χ1v) is 11.8. The number of carbonyl (C=O) groups excluding carboxylic acids is 1. The van der Waals surface area contributed by atoms with Crippen LogP contribution in [0.3, 0.4) is 0 Å². The van der Waals surface area contributed by atoms with Gasteiger partial charge in [-0.15, -0.1) is 0 Å². The topological polar surface area (TPSA) is 75.7 Å². The second kappa shape index (κ2) is 10.2. The Morgan fingerprint density at radius 3 is 2.34 bits per heavy atom. The lowest BCUT2D eigenvalue weighted by molar-refractivity contribution is 0.0939. The summed E-state index contributed by atoms with van der Waals surface area (Å²) in [5.74, 6) is -0.218. The molecule has 8 heteroatoms. The second-order valence-corrected chi connectivity index (χ2v) is 9.81. The molecule has 1 unspecified atom stereocenters. The lowest BCUT2D eigenvalue weighted by Gasteiger charge is -2.20. The zero-order valence-corrected chi connectivity index (χ0v) is 19.7. The lowest BCUT2D eigenvalue weighted by Crippen LogP contribution is -2.29. The van der Waals surface area contributed by atoms with Gasteiger partial charge in [-0.05, 0) is 48.4 Å². The van der Waals surface area contributed by atoms with E-state index in [1.54, 1.807) is 18.2 Å². The number of carbonyl (C=O) groups is 1. The summed E-state index contributed by atoms with van der Waals surface area (Å²) in [6.45, 7) is 2.03. The molecule has 0 radical (unpaired) electrons. The van der Waals surface area contributed by atoms with Crippen molar-refractivity contribution in [3.63, 3.8) is 0 Å². The Bertz CT molecular complexity index is 1180. The molecule has 32 heavy (non-hydrogen) atoms. The Labute approximate surface area is 193 Å². The second-order valence-electron chi connectivity index (χ2n) is 7.36. The van der Waals surface area contributed by atoms with Gasteiger partial charge >= 0.3 is 0 Å². The first kappa shape index (κ1) is 23.8. The standard InChI is InChI=1S/C24H25ClN2O4S/c1-17(19-9-12-21(25)13-10-19)26-24(28)20-11-14-22(31-3)23(15-20)32(29,30)27(2)16-18-7-5-4-6-8-18/h4-15,17H,16H2,1-3H3,(H,26,28). The molecule has 168 valence electrons. The monoisotopic (exact) mass is 472 g/mol. The molecule has 0 aliphatic rings. The highest BCUT2D eigenvalue weighted by molar-refractivity contribution is 7.89. The summed E-state index contributed by atoms with van der Waals surface area (Å²) in [5.41, 5.74) is 1.95. The third kappa shape index (κ3) is 5.48. The highest BCUT2D eigenvalue weighted by Crippen LogP contribution is 2.28. The number of sulfonamides is 1. The van der Waals surface area contributed by atoms with E-state index >= 15 is 0 Å². The number of rotatable bonds is 8. The van der Waals surface area contributed by atoms with Crippen molar-refractivity contribution in [2.24, 2.45) is 0 Å². The van der Waals surface area contributed by atoms with E-state index in [1.807, 2.05) is 49.4 Å². The predicted molar refractivity (Wildman–Crippen MR) is 125 cm³/mol. The molecule has 0 heterocycles. The number of halogens is 1. The maximum absolute atomic E-state index is 13.3. The molecule has 0 fully saturated rings. The molecule has 0 aromatic heterocycles. The van der Waals surface area contributed by atoms with Gasteiger partial charge in [0.15, 0.2) is 0 Å². The van der Waals surface area contributed by atoms with Gasteiger partial charge in [0.2, 0.25) is 10.0 Å². The van der Waals surface area contributed by atoms with E-state index in [-0.39, 0.29) is 28.8 Å². The number of hydrogen-bond donors (Lipinski definition) is 1. The minimum atomic E-state index is -3.91. The number of methoxy groups -OCH3 is 1. The number of benzene rings is 3. The fraction of sp³-hybridized carbons (Fsp3) is 0.208. The average Bonchev–Trinajstić information content (AvgIpc) is 2.79. The molecule has 1 amide bonds. The molecule has 0 saturated carbocycles. The lowest BCUT2D eigenvalue weighted by atomic mass is 10.1. The highest BCUT2D eigenvalue weighted by atomic mass is 35.5. The summed E-state index contributed by atoms with van der Waals surface area (Å²) in [4.78, 5) is 12.8. The van der Waals surface area contributed by atoms with Gasteiger partial charge in [-0.3, -0.25) is 4.79 Å². The molecule has 3 rings (SSSR count). The molecule has 0 aliphatic carbocycles. The van der Waals surface area contributed by atoms with Gasteiger partial charge in [0, 0.05) is 24.2 Å². The predicted octanol–water partition coefficient (Wildman–Crippen LogP) is 4.66. The van der Waals surface area contributed by atoms with Crippen molar-refractivity contribution in [2.75, 3.05) is 14.2 Å². The molecular formula is C24H25ClN2O4S. The van der Waals surface area contributed by atoms with E-state index in [2.05, 4.69) is 5.32 Å². The van der Waals surface area contributed by atoms with Gasteiger partial charge in [0.05, 0.1) is 13.2 Å². The van der Waals surface area contributed by atoms with Crippen LogP contribution in [0.4, 0.5) is 0 Å². The van der Waals surface area contributed by atoms with Gasteiger partial charge in [0.25, 0.3) is 5.91 Å². The fourth-order valence-electron chi connectivity index (χ4n) is 3.23. The SMILES string of the molecule is COc1ccc(C(=O)NC(C)c2ccc(Cl)cc2)cc1S(=O)(=O)N(C)Cc1ccccc1. The van der Waals surface area contributed by atoms with Crippen LogP contribution >= 0.6 is 11.6 Å². The van der Waals surface area contributed by atoms with Crippen molar-refractivity contribution in [1.29, 1.82) is 0 Å². The van der Waals surface area contributed by atoms with Crippen molar-refractivity contribution >= 4 is 27.5 Å². The van der Waals surface area contributed by atoms with Gasteiger partial charge < -0.3 is 10.1 Å². The van der Waals surface area contributed by atoms with Crippen molar-refractivity contribution < 1.29 is 17.9 Å². The number of hydrogen-bond acceptors (Lipinski definition) is 4. The van der Waals surface area contributed by atoms with Crippen LogP contribution in [0.15, 0.2) is 77.7 Å². The van der Waals surface area contributed by atoms with Gasteiger partial charge in [-0.2, -0.15) is 4.31 Å². The Morgan fingerprint density at radius 1 is 1.06 bits per heavy atom. The number of nitrogens with zero attached hydrogens (tertiary/aromatic N) is 1. The quantitative estimate of drug-likeness (QED) is 0.517. The molecule has 0 aliphatic heterocycles. The first-order chi connectivity index (χ1) is 15.2. The van der Waals surface area contributed by atoms with Crippen LogP contribution in [-0.2, 0) is 16.6 Å². The summed E-state index contributed by atoms with van der Waals surface area (Å²) in [7, 11) is -1.01. The Balaban J connectivity index is 1.85. The molecule has 3 aromatic carbocycles. The zero-order valence-electron chi connectivity index (χ0n) is 18.1. The Kier molecular flexibility index (Phi) is 7.56. The number of ether oxygens (including phenoxy) is 1. The molecule has 1 N–H and O–H groups in total. The Morgan fingerprint density at radius 2 is 1.72 bits per heavy atom. The van der Waals surface area contributed by atoms with E-state index < -0.39 is 15.9 Å². The molecular weight excluding hydrogens is 448 g/mol. The molecule has 6 nitrogen and oxygen atoms in total. The molecule has 3 aromatic rings. The first-order valence-electron chi connectivity index (χ1n) is 9.97. The maximum atomic E-state index is 13.3. The number of amides is 1. The van der Waals surface area contributed by atoms with Crippen LogP contribution in [0.5, 0.6) is 5.75 Å². The van der Waals surface area contributed by atoms with Crippen molar-refractivity contribution in [3.8, 4) is 5.75 Å². The van der Waals surface area contributed by atoms with Crippen LogP contribution in [0.1, 0.15) is 34.5 Å². The molecule has 0 bridgehead atoms. The molecule has 0 saturated heterocycles. The summed E-state index contributed by atoms with van der Waals surface area (Å²) in [6, 6.07) is 20.5. The van der Waals surface area contributed by atoms with Crippen molar-refractivity contribution in [2.45, 2.75) is 24.4 Å². The minimum Gasteiger partial charge on any atom is -0.495 e. The van der Waals surface area contributed by atoms with Gasteiger partial charge in [0.1, 0.15) is 10.6 Å². The smallest absolute Gasteiger partial charge is 0.251 e. The fourth-order valence-corrected chi connectivity index (χ4v) is 4.69. The van der Waals surface area contributed by atoms with E-state index in [0.29, 0.717) is 5.02 Å². The van der Waals surface area contributed by atoms with Crippen LogP contribution < -0.4 is 10.1 Å². The third-order valence-corrected chi connectivity index (χ3v) is 7.16. The largest absolute Gasteiger partial charge is 0.495 e. The van der Waals surface area contributed by atoms with Crippen LogP contribution in [0, 0.1) is 0 Å².